The van der Waals surface area contributed by atoms with Gasteiger partial charge in [-0.1, -0.05) is 61.5 Å². The molecule has 2 aliphatic rings. The highest BCUT2D eigenvalue weighted by Gasteiger charge is 2.24. The highest BCUT2D eigenvalue weighted by Crippen LogP contribution is 2.35. The fraction of sp³-hybridized carbons (Fsp3) is 0.281. The van der Waals surface area contributed by atoms with Crippen molar-refractivity contribution in [2.45, 2.75) is 51.5 Å². The standard InChI is InChI=1S/C32H32N2O/c1-22-14-19-30-26(20-22)21-31(24-9-3-2-4-10-24)34(30)27-17-15-25(16-18-27)32(35)33-29-13-7-11-23-8-5-6-12-28(23)29/h2-6,8-10,12,15-18,21-22,29H,7,11,13-14,19-20H2,1H3,(H,33,35)/t22-,29+/m1/s1. The fourth-order valence-electron chi connectivity index (χ4n) is 5.94. The second-order valence-corrected chi connectivity index (χ2v) is 10.2. The molecule has 3 nitrogen and oxygen atoms in total. The molecule has 1 heterocycles. The van der Waals surface area contributed by atoms with Crippen molar-refractivity contribution >= 4 is 5.91 Å². The second-order valence-electron chi connectivity index (χ2n) is 10.2. The number of amides is 1. The molecule has 1 N–H and O–H groups in total. The topological polar surface area (TPSA) is 34.0 Å². The molecule has 3 aromatic carbocycles. The summed E-state index contributed by atoms with van der Waals surface area (Å²) in [5.41, 5.74) is 9.81. The molecule has 1 aromatic heterocycles. The summed E-state index contributed by atoms with van der Waals surface area (Å²) < 4.78 is 2.41. The molecule has 4 aromatic rings. The zero-order valence-corrected chi connectivity index (χ0v) is 20.3. The zero-order chi connectivity index (χ0) is 23.8. The monoisotopic (exact) mass is 460 g/mol. The Morgan fingerprint density at radius 2 is 1.63 bits per heavy atom. The van der Waals surface area contributed by atoms with Gasteiger partial charge in [0.15, 0.2) is 0 Å². The lowest BCUT2D eigenvalue weighted by atomic mass is 9.87. The van der Waals surface area contributed by atoms with Crippen molar-refractivity contribution in [2.75, 3.05) is 0 Å². The molecule has 3 heteroatoms. The molecule has 2 aliphatic carbocycles. The third-order valence-electron chi connectivity index (χ3n) is 7.77. The highest BCUT2D eigenvalue weighted by molar-refractivity contribution is 5.94. The lowest BCUT2D eigenvalue weighted by Gasteiger charge is -2.26. The molecule has 0 bridgehead atoms. The molecule has 0 unspecified atom stereocenters. The molecule has 1 amide bonds. The maximum Gasteiger partial charge on any atom is 0.251 e. The normalized spacial score (nSPS) is 19.0. The predicted octanol–water partition coefficient (Wildman–Crippen LogP) is 7.08. The molecule has 0 saturated carbocycles. The van der Waals surface area contributed by atoms with Gasteiger partial charge in [-0.3, -0.25) is 4.79 Å². The largest absolute Gasteiger partial charge is 0.345 e. The SMILES string of the molecule is C[C@@H]1CCc2c(cc(-c3ccccc3)n2-c2ccc(C(=O)N[C@H]3CCCc4ccccc43)cc2)C1. The van der Waals surface area contributed by atoms with E-state index < -0.39 is 0 Å². The van der Waals surface area contributed by atoms with Crippen LogP contribution in [0.4, 0.5) is 0 Å². The third kappa shape index (κ3) is 4.20. The number of carbonyl (C=O) groups excluding carboxylic acids is 1. The van der Waals surface area contributed by atoms with Crippen LogP contribution in [-0.4, -0.2) is 10.5 Å². The Bertz CT molecular complexity index is 1350. The molecule has 2 atom stereocenters. The summed E-state index contributed by atoms with van der Waals surface area (Å²) in [6.45, 7) is 2.35. The van der Waals surface area contributed by atoms with Crippen LogP contribution in [0.3, 0.4) is 0 Å². The van der Waals surface area contributed by atoms with Gasteiger partial charge in [0, 0.05) is 16.9 Å². The van der Waals surface area contributed by atoms with Crippen LogP contribution in [0.2, 0.25) is 0 Å². The maximum absolute atomic E-state index is 13.2. The Kier molecular flexibility index (Phi) is 5.77. The summed E-state index contributed by atoms with van der Waals surface area (Å²) >= 11 is 0. The average molecular weight is 461 g/mol. The van der Waals surface area contributed by atoms with E-state index in [1.165, 1.54) is 40.1 Å². The number of hydrogen-bond donors (Lipinski definition) is 1. The maximum atomic E-state index is 13.2. The molecular formula is C32H32N2O. The van der Waals surface area contributed by atoms with Crippen LogP contribution in [-0.2, 0) is 19.3 Å². The minimum atomic E-state index is 0.00453. The Balaban J connectivity index is 1.30. The molecule has 0 fully saturated rings. The lowest BCUT2D eigenvalue weighted by Crippen LogP contribution is -2.30. The van der Waals surface area contributed by atoms with Crippen LogP contribution in [0.5, 0.6) is 0 Å². The van der Waals surface area contributed by atoms with Crippen molar-refractivity contribution in [3.63, 3.8) is 0 Å². The highest BCUT2D eigenvalue weighted by atomic mass is 16.1. The Morgan fingerprint density at radius 1 is 0.857 bits per heavy atom. The van der Waals surface area contributed by atoms with Gasteiger partial charge in [-0.2, -0.15) is 0 Å². The van der Waals surface area contributed by atoms with Crippen molar-refractivity contribution in [2.24, 2.45) is 5.92 Å². The van der Waals surface area contributed by atoms with E-state index in [2.05, 4.69) is 89.6 Å². The van der Waals surface area contributed by atoms with E-state index in [0.717, 1.165) is 43.7 Å². The first kappa shape index (κ1) is 21.9. The van der Waals surface area contributed by atoms with Crippen molar-refractivity contribution in [1.82, 2.24) is 9.88 Å². The van der Waals surface area contributed by atoms with Crippen LogP contribution in [0, 0.1) is 5.92 Å². The van der Waals surface area contributed by atoms with E-state index in [9.17, 15) is 4.79 Å². The van der Waals surface area contributed by atoms with Gasteiger partial charge in [-0.05, 0) is 97.0 Å². The predicted molar refractivity (Wildman–Crippen MR) is 142 cm³/mol. The molecule has 176 valence electrons. The molecule has 35 heavy (non-hydrogen) atoms. The number of nitrogens with one attached hydrogen (secondary N) is 1. The van der Waals surface area contributed by atoms with E-state index >= 15 is 0 Å². The quantitative estimate of drug-likeness (QED) is 0.347. The minimum Gasteiger partial charge on any atom is -0.345 e. The van der Waals surface area contributed by atoms with Crippen LogP contribution in [0.15, 0.2) is 84.9 Å². The van der Waals surface area contributed by atoms with Crippen molar-refractivity contribution in [1.29, 1.82) is 0 Å². The molecule has 0 saturated heterocycles. The average Bonchev–Trinajstić information content (AvgIpc) is 3.28. The first-order valence-corrected chi connectivity index (χ1v) is 13.0. The molecule has 6 rings (SSSR count). The number of benzene rings is 3. The molecule has 0 aliphatic heterocycles. The number of rotatable bonds is 4. The lowest BCUT2D eigenvalue weighted by molar-refractivity contribution is 0.0933. The van der Waals surface area contributed by atoms with Crippen LogP contribution < -0.4 is 5.32 Å². The van der Waals surface area contributed by atoms with Crippen molar-refractivity contribution in [3.8, 4) is 16.9 Å². The summed E-state index contributed by atoms with van der Waals surface area (Å²) in [7, 11) is 0. The van der Waals surface area contributed by atoms with E-state index in [4.69, 9.17) is 0 Å². The van der Waals surface area contributed by atoms with Gasteiger partial charge in [0.25, 0.3) is 5.91 Å². The fourth-order valence-corrected chi connectivity index (χ4v) is 5.94. The number of aryl methyl sites for hydroxylation is 1. The van der Waals surface area contributed by atoms with Gasteiger partial charge in [0.05, 0.1) is 11.7 Å². The second kappa shape index (κ2) is 9.22. The van der Waals surface area contributed by atoms with Gasteiger partial charge >= 0.3 is 0 Å². The van der Waals surface area contributed by atoms with Crippen LogP contribution in [0.25, 0.3) is 16.9 Å². The number of fused-ring (bicyclic) bond motifs is 2. The smallest absolute Gasteiger partial charge is 0.251 e. The van der Waals surface area contributed by atoms with E-state index in [-0.39, 0.29) is 11.9 Å². The Hall–Kier alpha value is -3.59. The van der Waals surface area contributed by atoms with Gasteiger partial charge in [0.1, 0.15) is 0 Å². The van der Waals surface area contributed by atoms with Gasteiger partial charge in [-0.25, -0.2) is 0 Å². The third-order valence-corrected chi connectivity index (χ3v) is 7.77. The number of nitrogens with zero attached hydrogens (tertiary/aromatic N) is 1. The number of hydrogen-bond acceptors (Lipinski definition) is 1. The number of carbonyl (C=O) groups is 1. The minimum absolute atomic E-state index is 0.00453. The zero-order valence-electron chi connectivity index (χ0n) is 20.3. The first-order valence-electron chi connectivity index (χ1n) is 13.0. The first-order chi connectivity index (χ1) is 17.2. The van der Waals surface area contributed by atoms with E-state index in [1.807, 2.05) is 12.1 Å². The van der Waals surface area contributed by atoms with Crippen molar-refractivity contribution < 1.29 is 4.79 Å². The van der Waals surface area contributed by atoms with Gasteiger partial charge in [-0.15, -0.1) is 0 Å². The van der Waals surface area contributed by atoms with E-state index in [0.29, 0.717) is 5.56 Å². The summed E-state index contributed by atoms with van der Waals surface area (Å²) in [6, 6.07) is 29.8. The summed E-state index contributed by atoms with van der Waals surface area (Å²) in [4.78, 5) is 13.2. The van der Waals surface area contributed by atoms with E-state index in [1.54, 1.807) is 0 Å². The van der Waals surface area contributed by atoms with Gasteiger partial charge in [0.2, 0.25) is 0 Å². The van der Waals surface area contributed by atoms with Crippen molar-refractivity contribution in [3.05, 3.63) is 113 Å². The van der Waals surface area contributed by atoms with Crippen LogP contribution in [0.1, 0.15) is 65.0 Å². The summed E-state index contributed by atoms with van der Waals surface area (Å²) in [5.74, 6) is 0.725. The van der Waals surface area contributed by atoms with Crippen LogP contribution >= 0.6 is 0 Å². The Labute approximate surface area is 207 Å². The van der Waals surface area contributed by atoms with Gasteiger partial charge < -0.3 is 9.88 Å². The summed E-state index contributed by atoms with van der Waals surface area (Å²) in [6.07, 6.45) is 6.64. The molecule has 0 radical (unpaired) electrons. The Morgan fingerprint density at radius 3 is 2.46 bits per heavy atom. The summed E-state index contributed by atoms with van der Waals surface area (Å²) in [5, 5.41) is 3.29. The number of aromatic nitrogens is 1. The molecular weight excluding hydrogens is 428 g/mol. The molecule has 0 spiro atoms.